The van der Waals surface area contributed by atoms with E-state index < -0.39 is 15.8 Å². The Morgan fingerprint density at radius 1 is 1.14 bits per heavy atom. The molecule has 8 heteroatoms. The molecule has 0 unspecified atom stereocenters. The molecule has 7 nitrogen and oxygen atoms in total. The average Bonchev–Trinajstić information content (AvgIpc) is 3.22. The lowest BCUT2D eigenvalue weighted by molar-refractivity contribution is 0.0522. The van der Waals surface area contributed by atoms with Crippen LogP contribution in [0.2, 0.25) is 0 Å². The Hall–Kier alpha value is -3.13. The molecule has 146 valence electrons. The molecule has 0 amide bonds. The summed E-state index contributed by atoms with van der Waals surface area (Å²) in [4.78, 5) is 16.7. The van der Waals surface area contributed by atoms with E-state index in [1.165, 1.54) is 31.8 Å². The minimum Gasteiger partial charge on any atom is -0.495 e. The topological polar surface area (TPSA) is 95.7 Å². The molecule has 2 aromatic carbocycles. The van der Waals surface area contributed by atoms with Gasteiger partial charge in [0, 0.05) is 0 Å². The summed E-state index contributed by atoms with van der Waals surface area (Å²) in [6, 6.07) is 11.3. The van der Waals surface area contributed by atoms with Crippen molar-refractivity contribution in [2.24, 2.45) is 0 Å². The summed E-state index contributed by atoms with van der Waals surface area (Å²) in [6.45, 7) is 1.81. The lowest BCUT2D eigenvalue weighted by Crippen LogP contribution is -2.14. The van der Waals surface area contributed by atoms with Crippen LogP contribution in [0.25, 0.3) is 11.3 Å². The van der Waals surface area contributed by atoms with Crippen molar-refractivity contribution in [2.75, 3.05) is 13.7 Å². The second-order valence-electron chi connectivity index (χ2n) is 5.84. The largest absolute Gasteiger partial charge is 0.495 e. The highest BCUT2D eigenvalue weighted by atomic mass is 32.2. The molecule has 28 heavy (non-hydrogen) atoms. The summed E-state index contributed by atoms with van der Waals surface area (Å²) in [6.07, 6.45) is 2.74. The Morgan fingerprint density at radius 2 is 1.89 bits per heavy atom. The quantitative estimate of drug-likeness (QED) is 0.559. The molecular formula is C20H19NO6S. The van der Waals surface area contributed by atoms with Gasteiger partial charge in [-0.1, -0.05) is 24.3 Å². The van der Waals surface area contributed by atoms with E-state index >= 15 is 0 Å². The molecule has 1 heterocycles. The van der Waals surface area contributed by atoms with Gasteiger partial charge in [0.25, 0.3) is 0 Å². The van der Waals surface area contributed by atoms with Crippen LogP contribution in [0.1, 0.15) is 22.8 Å². The van der Waals surface area contributed by atoms with Crippen molar-refractivity contribution < 1.29 is 27.1 Å². The van der Waals surface area contributed by atoms with E-state index in [1.54, 1.807) is 37.3 Å². The highest BCUT2D eigenvalue weighted by Gasteiger charge is 2.27. The summed E-state index contributed by atoms with van der Waals surface area (Å²) < 4.78 is 41.5. The van der Waals surface area contributed by atoms with Gasteiger partial charge in [-0.05, 0) is 30.7 Å². The van der Waals surface area contributed by atoms with Crippen LogP contribution < -0.4 is 4.74 Å². The second-order valence-corrected chi connectivity index (χ2v) is 7.83. The SMILES string of the molecule is CCOC(=O)c1c(CS(=O)(=O)c2ccccc2)ccc(-c2cnco2)c1OC. The highest BCUT2D eigenvalue weighted by molar-refractivity contribution is 7.90. The molecule has 0 fully saturated rings. The molecular weight excluding hydrogens is 382 g/mol. The van der Waals surface area contributed by atoms with Crippen molar-refractivity contribution >= 4 is 15.8 Å². The zero-order chi connectivity index (χ0) is 20.1. The number of ether oxygens (including phenoxy) is 2. The molecule has 0 aliphatic carbocycles. The van der Waals surface area contributed by atoms with Crippen LogP contribution in [0.4, 0.5) is 0 Å². The molecule has 0 N–H and O–H groups in total. The van der Waals surface area contributed by atoms with Gasteiger partial charge in [-0.2, -0.15) is 0 Å². The third-order valence-corrected chi connectivity index (χ3v) is 5.75. The van der Waals surface area contributed by atoms with E-state index in [4.69, 9.17) is 13.9 Å². The third kappa shape index (κ3) is 3.91. The Balaban J connectivity index is 2.14. The number of carbonyl (C=O) groups excluding carboxylic acids is 1. The zero-order valence-corrected chi connectivity index (χ0v) is 16.2. The van der Waals surface area contributed by atoms with E-state index in [0.29, 0.717) is 11.3 Å². The molecule has 3 rings (SSSR count). The fraction of sp³-hybridized carbons (Fsp3) is 0.200. The predicted octanol–water partition coefficient (Wildman–Crippen LogP) is 3.50. The number of sulfone groups is 1. The van der Waals surface area contributed by atoms with Gasteiger partial charge in [0.1, 0.15) is 11.3 Å². The first kappa shape index (κ1) is 19.6. The molecule has 1 aromatic heterocycles. The molecule has 0 atom stereocenters. The van der Waals surface area contributed by atoms with Gasteiger partial charge in [-0.3, -0.25) is 0 Å². The number of aromatic nitrogens is 1. The first-order valence-corrected chi connectivity index (χ1v) is 10.2. The molecule has 0 radical (unpaired) electrons. The Morgan fingerprint density at radius 3 is 2.50 bits per heavy atom. The number of benzene rings is 2. The van der Waals surface area contributed by atoms with Crippen LogP contribution in [0, 0.1) is 0 Å². The number of carbonyl (C=O) groups is 1. The summed E-state index contributed by atoms with van der Waals surface area (Å²) >= 11 is 0. The van der Waals surface area contributed by atoms with Crippen LogP contribution in [-0.2, 0) is 20.3 Å². The summed E-state index contributed by atoms with van der Waals surface area (Å²) in [5.74, 6) is -0.479. The Labute approximate surface area is 162 Å². The Bertz CT molecular complexity index is 1060. The lowest BCUT2D eigenvalue weighted by atomic mass is 10.0. The molecule has 3 aromatic rings. The summed E-state index contributed by atoms with van der Waals surface area (Å²) in [5.41, 5.74) is 0.809. The number of nitrogens with zero attached hydrogens (tertiary/aromatic N) is 1. The van der Waals surface area contributed by atoms with Gasteiger partial charge >= 0.3 is 5.97 Å². The fourth-order valence-electron chi connectivity index (χ4n) is 2.84. The average molecular weight is 401 g/mol. The molecule has 0 saturated heterocycles. The highest BCUT2D eigenvalue weighted by Crippen LogP contribution is 2.36. The summed E-state index contributed by atoms with van der Waals surface area (Å²) in [7, 11) is -2.28. The van der Waals surface area contributed by atoms with E-state index in [0.717, 1.165) is 0 Å². The third-order valence-electron chi connectivity index (χ3n) is 4.07. The van der Waals surface area contributed by atoms with Gasteiger partial charge in [0.15, 0.2) is 22.0 Å². The first-order valence-electron chi connectivity index (χ1n) is 8.51. The molecule has 0 aliphatic heterocycles. The maximum absolute atomic E-state index is 12.8. The van der Waals surface area contributed by atoms with Crippen LogP contribution in [0.15, 0.2) is 64.4 Å². The number of esters is 1. The standard InChI is InChI=1S/C20H19NO6S/c1-3-26-20(22)18-14(12-28(23,24)15-7-5-4-6-8-15)9-10-16(19(18)25-2)17-11-21-13-27-17/h4-11,13H,3,12H2,1-2H3. The van der Waals surface area contributed by atoms with Crippen molar-refractivity contribution in [2.45, 2.75) is 17.6 Å². The van der Waals surface area contributed by atoms with Crippen LogP contribution >= 0.6 is 0 Å². The van der Waals surface area contributed by atoms with Crippen molar-refractivity contribution in [1.29, 1.82) is 0 Å². The van der Waals surface area contributed by atoms with E-state index in [2.05, 4.69) is 4.98 Å². The van der Waals surface area contributed by atoms with E-state index in [9.17, 15) is 13.2 Å². The van der Waals surface area contributed by atoms with Crippen molar-refractivity contribution in [3.63, 3.8) is 0 Å². The first-order chi connectivity index (χ1) is 13.5. The van der Waals surface area contributed by atoms with Gasteiger partial charge in [-0.15, -0.1) is 0 Å². The van der Waals surface area contributed by atoms with Crippen molar-refractivity contribution in [1.82, 2.24) is 4.98 Å². The monoisotopic (exact) mass is 401 g/mol. The van der Waals surface area contributed by atoms with Gasteiger partial charge < -0.3 is 13.9 Å². The maximum atomic E-state index is 12.8. The minimum absolute atomic E-state index is 0.0535. The van der Waals surface area contributed by atoms with E-state index in [-0.39, 0.29) is 34.1 Å². The Kier molecular flexibility index (Phi) is 5.79. The molecule has 0 saturated carbocycles. The minimum atomic E-state index is -3.68. The van der Waals surface area contributed by atoms with Crippen molar-refractivity contribution in [3.05, 3.63) is 66.2 Å². The number of oxazole rings is 1. The zero-order valence-electron chi connectivity index (χ0n) is 15.4. The van der Waals surface area contributed by atoms with E-state index in [1.807, 2.05) is 0 Å². The van der Waals surface area contributed by atoms with Crippen LogP contribution in [0.5, 0.6) is 5.75 Å². The number of hydrogen-bond donors (Lipinski definition) is 0. The van der Waals surface area contributed by atoms with Crippen molar-refractivity contribution in [3.8, 4) is 17.1 Å². The summed E-state index contributed by atoms with van der Waals surface area (Å²) in [5, 5.41) is 0. The van der Waals surface area contributed by atoms with Crippen LogP contribution in [0.3, 0.4) is 0 Å². The number of rotatable bonds is 7. The van der Waals surface area contributed by atoms with Gasteiger partial charge in [-0.25, -0.2) is 18.2 Å². The number of methoxy groups -OCH3 is 1. The maximum Gasteiger partial charge on any atom is 0.342 e. The van der Waals surface area contributed by atoms with Crippen LogP contribution in [-0.4, -0.2) is 33.1 Å². The fourth-order valence-corrected chi connectivity index (χ4v) is 4.23. The van der Waals surface area contributed by atoms with Gasteiger partial charge in [0.2, 0.25) is 0 Å². The van der Waals surface area contributed by atoms with Gasteiger partial charge in [0.05, 0.1) is 36.1 Å². The smallest absolute Gasteiger partial charge is 0.342 e. The number of hydrogen-bond acceptors (Lipinski definition) is 7. The molecule has 0 bridgehead atoms. The predicted molar refractivity (Wildman–Crippen MR) is 102 cm³/mol. The second kappa shape index (κ2) is 8.26. The molecule has 0 aliphatic rings. The lowest BCUT2D eigenvalue weighted by Gasteiger charge is -2.16. The molecule has 0 spiro atoms. The normalized spacial score (nSPS) is 11.2.